The molecule has 0 atom stereocenters. The van der Waals surface area contributed by atoms with Crippen molar-refractivity contribution in [2.24, 2.45) is 0 Å². The van der Waals surface area contributed by atoms with Crippen LogP contribution in [0, 0.1) is 0 Å². The maximum atomic E-state index is 9.26. The zero-order chi connectivity index (χ0) is 15.9. The Bertz CT molecular complexity index is 606. The molecule has 0 saturated heterocycles. The molecule has 1 heterocycles. The lowest BCUT2D eigenvalue weighted by Crippen LogP contribution is -2.02. The first kappa shape index (κ1) is 16.6. The van der Waals surface area contributed by atoms with Crippen LogP contribution in [-0.2, 0) is 13.0 Å². The molecule has 0 spiro atoms. The zero-order valence-electron chi connectivity index (χ0n) is 13.3. The summed E-state index contributed by atoms with van der Waals surface area (Å²) in [7, 11) is 0. The van der Waals surface area contributed by atoms with Crippen molar-refractivity contribution in [1.82, 2.24) is 4.57 Å². The van der Waals surface area contributed by atoms with Gasteiger partial charge >= 0.3 is 0 Å². The molecule has 22 heavy (non-hydrogen) atoms. The van der Waals surface area contributed by atoms with Crippen molar-refractivity contribution in [3.8, 4) is 11.5 Å². The number of hydrogen-bond acceptors (Lipinski definition) is 4. The van der Waals surface area contributed by atoms with Gasteiger partial charge in [0.2, 0.25) is 0 Å². The van der Waals surface area contributed by atoms with E-state index >= 15 is 0 Å². The molecule has 2 aromatic rings. The third-order valence-corrected chi connectivity index (χ3v) is 3.57. The van der Waals surface area contributed by atoms with Gasteiger partial charge in [-0.15, -0.1) is 0 Å². The number of benzene rings is 1. The summed E-state index contributed by atoms with van der Waals surface area (Å²) in [6.07, 6.45) is 3.56. The summed E-state index contributed by atoms with van der Waals surface area (Å²) in [5.41, 5.74) is 2.18. The molecular formula is C17H25NO4. The number of aryl methyl sites for hydroxylation is 1. The van der Waals surface area contributed by atoms with E-state index in [4.69, 9.17) is 14.6 Å². The molecule has 0 radical (unpaired) electrons. The number of aliphatic hydroxyl groups is 2. The Hall–Kier alpha value is -1.72. The Balaban J connectivity index is 2.53. The number of nitrogens with zero attached hydrogens (tertiary/aromatic N) is 1. The fraction of sp³-hybridized carbons (Fsp3) is 0.529. The van der Waals surface area contributed by atoms with Crippen LogP contribution in [0.4, 0.5) is 0 Å². The Morgan fingerprint density at radius 1 is 1.00 bits per heavy atom. The molecule has 0 amide bonds. The van der Waals surface area contributed by atoms with E-state index in [1.165, 1.54) is 0 Å². The summed E-state index contributed by atoms with van der Waals surface area (Å²) in [6, 6.07) is 3.98. The minimum atomic E-state index is 0.0837. The highest BCUT2D eigenvalue weighted by Gasteiger charge is 2.14. The van der Waals surface area contributed by atoms with Crippen molar-refractivity contribution in [3.63, 3.8) is 0 Å². The van der Waals surface area contributed by atoms with Crippen molar-refractivity contribution in [3.05, 3.63) is 23.9 Å². The molecule has 1 aromatic heterocycles. The summed E-state index contributed by atoms with van der Waals surface area (Å²) in [5, 5.41) is 19.4. The van der Waals surface area contributed by atoms with Crippen molar-refractivity contribution in [2.75, 3.05) is 26.4 Å². The van der Waals surface area contributed by atoms with Crippen molar-refractivity contribution in [2.45, 2.75) is 33.2 Å². The minimum Gasteiger partial charge on any atom is -0.490 e. The van der Waals surface area contributed by atoms with Crippen LogP contribution in [0.3, 0.4) is 0 Å². The average Bonchev–Trinajstić information content (AvgIpc) is 2.84. The molecule has 2 N–H and O–H groups in total. The van der Waals surface area contributed by atoms with E-state index in [1.54, 1.807) is 0 Å². The Morgan fingerprint density at radius 2 is 1.68 bits per heavy atom. The first-order chi connectivity index (χ1) is 10.7. The van der Waals surface area contributed by atoms with Gasteiger partial charge in [-0.25, -0.2) is 0 Å². The van der Waals surface area contributed by atoms with E-state index < -0.39 is 0 Å². The third kappa shape index (κ3) is 3.54. The van der Waals surface area contributed by atoms with E-state index in [1.807, 2.05) is 36.7 Å². The molecule has 5 nitrogen and oxygen atoms in total. The molecule has 0 saturated carbocycles. The number of aromatic nitrogens is 1. The lowest BCUT2D eigenvalue weighted by molar-refractivity contribution is 0.277. The summed E-state index contributed by atoms with van der Waals surface area (Å²) in [4.78, 5) is 0. The first-order valence-corrected chi connectivity index (χ1v) is 7.88. The normalized spacial score (nSPS) is 11.1. The van der Waals surface area contributed by atoms with Gasteiger partial charge in [-0.3, -0.25) is 0 Å². The highest BCUT2D eigenvalue weighted by Crippen LogP contribution is 2.35. The van der Waals surface area contributed by atoms with E-state index in [0.29, 0.717) is 19.8 Å². The zero-order valence-corrected chi connectivity index (χ0v) is 13.3. The van der Waals surface area contributed by atoms with Gasteiger partial charge in [-0.2, -0.15) is 0 Å². The summed E-state index contributed by atoms with van der Waals surface area (Å²) in [6.45, 7) is 5.83. The van der Waals surface area contributed by atoms with Crippen LogP contribution in [0.5, 0.6) is 11.5 Å². The quantitative estimate of drug-likeness (QED) is 0.746. The summed E-state index contributed by atoms with van der Waals surface area (Å²) >= 11 is 0. The monoisotopic (exact) mass is 307 g/mol. The number of ether oxygens (including phenoxy) is 2. The second kappa shape index (κ2) is 8.06. The number of fused-ring (bicyclic) bond motifs is 1. The van der Waals surface area contributed by atoms with Crippen molar-refractivity contribution in [1.29, 1.82) is 0 Å². The molecule has 0 aliphatic heterocycles. The molecule has 1 aromatic carbocycles. The van der Waals surface area contributed by atoms with E-state index in [-0.39, 0.29) is 13.2 Å². The average molecular weight is 307 g/mol. The molecule has 0 aliphatic rings. The van der Waals surface area contributed by atoms with Crippen LogP contribution in [0.1, 0.15) is 25.8 Å². The fourth-order valence-electron chi connectivity index (χ4n) is 2.67. The maximum absolute atomic E-state index is 9.26. The SMILES string of the molecule is CCOc1cc2c(CCCO)cn(CCO)c2cc1OCC. The molecule has 0 fully saturated rings. The maximum Gasteiger partial charge on any atom is 0.163 e. The van der Waals surface area contributed by atoms with Crippen LogP contribution in [-0.4, -0.2) is 41.2 Å². The van der Waals surface area contributed by atoms with E-state index in [2.05, 4.69) is 0 Å². The topological polar surface area (TPSA) is 63.9 Å². The van der Waals surface area contributed by atoms with Gasteiger partial charge in [-0.05, 0) is 38.3 Å². The van der Waals surface area contributed by atoms with Crippen molar-refractivity contribution >= 4 is 10.9 Å². The third-order valence-electron chi connectivity index (χ3n) is 3.57. The number of aliphatic hydroxyl groups excluding tert-OH is 2. The second-order valence-electron chi connectivity index (χ2n) is 5.08. The lowest BCUT2D eigenvalue weighted by atomic mass is 10.1. The van der Waals surface area contributed by atoms with Crippen LogP contribution in [0.15, 0.2) is 18.3 Å². The summed E-state index contributed by atoms with van der Waals surface area (Å²) < 4.78 is 13.4. The van der Waals surface area contributed by atoms with Gasteiger partial charge < -0.3 is 24.3 Å². The molecule has 0 bridgehead atoms. The highest BCUT2D eigenvalue weighted by molar-refractivity contribution is 5.87. The first-order valence-electron chi connectivity index (χ1n) is 7.88. The van der Waals surface area contributed by atoms with Crippen LogP contribution >= 0.6 is 0 Å². The smallest absolute Gasteiger partial charge is 0.163 e. The van der Waals surface area contributed by atoms with Crippen molar-refractivity contribution < 1.29 is 19.7 Å². The minimum absolute atomic E-state index is 0.0837. The lowest BCUT2D eigenvalue weighted by Gasteiger charge is -2.12. The van der Waals surface area contributed by atoms with Gasteiger partial charge in [0.05, 0.1) is 25.3 Å². The van der Waals surface area contributed by atoms with Gasteiger partial charge in [-0.1, -0.05) is 0 Å². The van der Waals surface area contributed by atoms with Crippen LogP contribution in [0.2, 0.25) is 0 Å². The number of rotatable bonds is 9. The molecular weight excluding hydrogens is 282 g/mol. The molecule has 0 unspecified atom stereocenters. The second-order valence-corrected chi connectivity index (χ2v) is 5.08. The van der Waals surface area contributed by atoms with Crippen LogP contribution < -0.4 is 9.47 Å². The predicted molar refractivity (Wildman–Crippen MR) is 86.8 cm³/mol. The van der Waals surface area contributed by atoms with Crippen LogP contribution in [0.25, 0.3) is 10.9 Å². The van der Waals surface area contributed by atoms with Gasteiger partial charge in [0.25, 0.3) is 0 Å². The van der Waals surface area contributed by atoms with E-state index in [9.17, 15) is 5.11 Å². The predicted octanol–water partition coefficient (Wildman–Crippen LogP) is 2.36. The molecule has 2 rings (SSSR count). The molecule has 5 heteroatoms. The fourth-order valence-corrected chi connectivity index (χ4v) is 2.67. The molecule has 0 aliphatic carbocycles. The Labute approximate surface area is 131 Å². The standard InChI is InChI=1S/C17H25NO4/c1-3-21-16-10-14-13(6-5-8-19)12-18(7-9-20)15(14)11-17(16)22-4-2/h10-12,19-20H,3-9H2,1-2H3. The van der Waals surface area contributed by atoms with Gasteiger partial charge in [0.15, 0.2) is 11.5 Å². The Morgan fingerprint density at radius 3 is 2.27 bits per heavy atom. The van der Waals surface area contributed by atoms with Gasteiger partial charge in [0.1, 0.15) is 0 Å². The molecule has 122 valence electrons. The van der Waals surface area contributed by atoms with E-state index in [0.717, 1.165) is 40.8 Å². The highest BCUT2D eigenvalue weighted by atomic mass is 16.5. The van der Waals surface area contributed by atoms with Gasteiger partial charge in [0, 0.05) is 30.8 Å². The largest absolute Gasteiger partial charge is 0.490 e. The number of hydrogen-bond donors (Lipinski definition) is 2. The Kier molecular flexibility index (Phi) is 6.10. The summed E-state index contributed by atoms with van der Waals surface area (Å²) in [5.74, 6) is 1.46.